The van der Waals surface area contributed by atoms with Crippen molar-refractivity contribution < 1.29 is 13.2 Å². The Morgan fingerprint density at radius 3 is 2.32 bits per heavy atom. The number of sulfonamides is 1. The second-order valence-corrected chi connectivity index (χ2v) is 10.5. The SMILES string of the molecule is C=C(Nc1ccc(C)c(S(=O)(=O)Nc2nc3ccccc3nc2Nc2cc(OC)ccc2Cl)c1)N(C)C. The quantitative estimate of drug-likeness (QED) is 0.253. The highest BCUT2D eigenvalue weighted by atomic mass is 35.5. The molecule has 0 amide bonds. The van der Waals surface area contributed by atoms with E-state index in [1.54, 1.807) is 73.5 Å². The molecule has 9 nitrogen and oxygen atoms in total. The highest BCUT2D eigenvalue weighted by Crippen LogP contribution is 2.33. The molecule has 0 spiro atoms. The lowest BCUT2D eigenvalue weighted by Gasteiger charge is -2.19. The molecular weight excluding hydrogens is 512 g/mol. The molecular formula is C26H27ClN6O3S. The fourth-order valence-corrected chi connectivity index (χ4v) is 4.89. The first-order valence-electron chi connectivity index (χ1n) is 11.2. The van der Waals surface area contributed by atoms with Crippen molar-refractivity contribution in [2.45, 2.75) is 11.8 Å². The van der Waals surface area contributed by atoms with E-state index in [-0.39, 0.29) is 16.5 Å². The number of benzene rings is 3. The molecule has 0 saturated heterocycles. The number of anilines is 4. The molecule has 11 heteroatoms. The standard InChI is InChI=1S/C26H27ClN6O3S/c1-16-10-11-18(28-17(2)33(3)4)14-24(16)37(34,35)32-26-25(29-21-8-6-7-9-22(21)30-26)31-23-15-19(36-5)12-13-20(23)27/h6-15,28H,2H2,1,3-5H3,(H,29,31)(H,30,32). The summed E-state index contributed by atoms with van der Waals surface area (Å²) in [7, 11) is 1.16. The highest BCUT2D eigenvalue weighted by molar-refractivity contribution is 7.92. The van der Waals surface area contributed by atoms with Gasteiger partial charge in [-0.2, -0.15) is 0 Å². The van der Waals surface area contributed by atoms with Crippen LogP contribution in [0.25, 0.3) is 11.0 Å². The van der Waals surface area contributed by atoms with Crippen molar-refractivity contribution in [1.82, 2.24) is 14.9 Å². The number of ether oxygens (including phenoxy) is 1. The van der Waals surface area contributed by atoms with Crippen LogP contribution in [0.5, 0.6) is 5.75 Å². The van der Waals surface area contributed by atoms with Gasteiger partial charge in [0.05, 0.1) is 39.6 Å². The van der Waals surface area contributed by atoms with Gasteiger partial charge < -0.3 is 20.3 Å². The minimum absolute atomic E-state index is 0.0213. The van der Waals surface area contributed by atoms with E-state index in [0.717, 1.165) is 0 Å². The van der Waals surface area contributed by atoms with Gasteiger partial charge >= 0.3 is 0 Å². The molecule has 1 heterocycles. The molecule has 0 bridgehead atoms. The van der Waals surface area contributed by atoms with Crippen LogP contribution in [-0.4, -0.2) is 44.5 Å². The Hall–Kier alpha value is -4.02. The topological polar surface area (TPSA) is 108 Å². The molecule has 4 aromatic rings. The third kappa shape index (κ3) is 5.87. The van der Waals surface area contributed by atoms with Gasteiger partial charge in [-0.25, -0.2) is 18.4 Å². The van der Waals surface area contributed by atoms with Crippen LogP contribution < -0.4 is 20.1 Å². The molecule has 0 saturated carbocycles. The normalized spacial score (nSPS) is 11.2. The van der Waals surface area contributed by atoms with Crippen molar-refractivity contribution in [1.29, 1.82) is 0 Å². The first-order chi connectivity index (χ1) is 17.6. The van der Waals surface area contributed by atoms with E-state index in [0.29, 0.717) is 44.6 Å². The van der Waals surface area contributed by atoms with Gasteiger partial charge in [0, 0.05) is 25.8 Å². The summed E-state index contributed by atoms with van der Waals surface area (Å²) >= 11 is 6.38. The number of nitrogens with one attached hydrogen (secondary N) is 3. The van der Waals surface area contributed by atoms with Gasteiger partial charge in [0.1, 0.15) is 5.75 Å². The molecule has 3 aromatic carbocycles. The molecule has 0 aliphatic carbocycles. The molecule has 0 unspecified atom stereocenters. The summed E-state index contributed by atoms with van der Waals surface area (Å²) in [5.74, 6) is 1.39. The minimum Gasteiger partial charge on any atom is -0.497 e. The minimum atomic E-state index is -4.06. The van der Waals surface area contributed by atoms with Gasteiger partial charge in [-0.1, -0.05) is 36.4 Å². The van der Waals surface area contributed by atoms with Gasteiger partial charge in [0.25, 0.3) is 10.0 Å². The van der Waals surface area contributed by atoms with Gasteiger partial charge in [-0.05, 0) is 48.9 Å². The van der Waals surface area contributed by atoms with E-state index in [9.17, 15) is 8.42 Å². The van der Waals surface area contributed by atoms with Crippen LogP contribution in [0.4, 0.5) is 23.0 Å². The number of para-hydroxylation sites is 2. The van der Waals surface area contributed by atoms with Crippen molar-refractivity contribution in [3.63, 3.8) is 0 Å². The third-order valence-electron chi connectivity index (χ3n) is 5.53. The van der Waals surface area contributed by atoms with Crippen LogP contribution in [0.15, 0.2) is 78.0 Å². The van der Waals surface area contributed by atoms with E-state index < -0.39 is 10.0 Å². The maximum atomic E-state index is 13.6. The highest BCUT2D eigenvalue weighted by Gasteiger charge is 2.22. The monoisotopic (exact) mass is 538 g/mol. The van der Waals surface area contributed by atoms with E-state index in [2.05, 4.69) is 31.9 Å². The summed E-state index contributed by atoms with van der Waals surface area (Å²) in [6.07, 6.45) is 0. The summed E-state index contributed by atoms with van der Waals surface area (Å²) in [6.45, 7) is 5.66. The lowest BCUT2D eigenvalue weighted by Crippen LogP contribution is -2.19. The Bertz CT molecular complexity index is 1590. The van der Waals surface area contributed by atoms with Gasteiger partial charge in [-0.15, -0.1) is 0 Å². The molecule has 37 heavy (non-hydrogen) atoms. The number of halogens is 1. The molecule has 0 aliphatic heterocycles. The zero-order valence-electron chi connectivity index (χ0n) is 20.8. The van der Waals surface area contributed by atoms with Crippen molar-refractivity contribution in [3.8, 4) is 5.75 Å². The van der Waals surface area contributed by atoms with Crippen LogP contribution in [0.3, 0.4) is 0 Å². The van der Waals surface area contributed by atoms with Gasteiger partial charge in [-0.3, -0.25) is 4.72 Å². The van der Waals surface area contributed by atoms with Crippen LogP contribution in [0.2, 0.25) is 5.02 Å². The van der Waals surface area contributed by atoms with Crippen LogP contribution >= 0.6 is 11.6 Å². The average Bonchev–Trinajstić information content (AvgIpc) is 2.86. The summed E-state index contributed by atoms with van der Waals surface area (Å²) in [5.41, 5.74) is 2.73. The van der Waals surface area contributed by atoms with Crippen LogP contribution in [0.1, 0.15) is 5.56 Å². The smallest absolute Gasteiger partial charge is 0.263 e. The zero-order chi connectivity index (χ0) is 26.7. The number of nitrogens with zero attached hydrogens (tertiary/aromatic N) is 3. The lowest BCUT2D eigenvalue weighted by atomic mass is 10.2. The first kappa shape index (κ1) is 26.1. The second-order valence-electron chi connectivity index (χ2n) is 8.43. The number of rotatable bonds is 9. The summed E-state index contributed by atoms with van der Waals surface area (Å²) < 4.78 is 35.1. The maximum absolute atomic E-state index is 13.6. The molecule has 0 fully saturated rings. The van der Waals surface area contributed by atoms with Crippen molar-refractivity contribution >= 4 is 55.7 Å². The molecule has 192 valence electrons. The van der Waals surface area contributed by atoms with E-state index in [1.807, 2.05) is 20.2 Å². The predicted molar refractivity (Wildman–Crippen MR) is 149 cm³/mol. The molecule has 0 atom stereocenters. The van der Waals surface area contributed by atoms with Crippen molar-refractivity contribution in [3.05, 3.63) is 83.6 Å². The van der Waals surface area contributed by atoms with E-state index in [4.69, 9.17) is 16.3 Å². The Kier molecular flexibility index (Phi) is 7.42. The average molecular weight is 539 g/mol. The Balaban J connectivity index is 1.76. The zero-order valence-corrected chi connectivity index (χ0v) is 22.4. The van der Waals surface area contributed by atoms with Crippen LogP contribution in [-0.2, 0) is 10.0 Å². The lowest BCUT2D eigenvalue weighted by molar-refractivity contribution is 0.415. The van der Waals surface area contributed by atoms with Gasteiger partial charge in [0.15, 0.2) is 11.6 Å². The molecule has 0 aliphatic rings. The number of hydrogen-bond donors (Lipinski definition) is 3. The second kappa shape index (κ2) is 10.5. The fraction of sp³-hybridized carbons (Fsp3) is 0.154. The molecule has 4 rings (SSSR count). The first-order valence-corrected chi connectivity index (χ1v) is 13.1. The Morgan fingerprint density at radius 1 is 1.00 bits per heavy atom. The molecule has 1 aromatic heterocycles. The van der Waals surface area contributed by atoms with Gasteiger partial charge in [0.2, 0.25) is 0 Å². The van der Waals surface area contributed by atoms with Crippen molar-refractivity contribution in [2.24, 2.45) is 0 Å². The number of aryl methyl sites for hydroxylation is 1. The summed E-state index contributed by atoms with van der Waals surface area (Å²) in [5, 5.41) is 6.61. The Labute approximate surface area is 221 Å². The third-order valence-corrected chi connectivity index (χ3v) is 7.34. The number of aromatic nitrogens is 2. The number of fused-ring (bicyclic) bond motifs is 1. The number of hydrogen-bond acceptors (Lipinski definition) is 8. The predicted octanol–water partition coefficient (Wildman–Crippen LogP) is 5.59. The van der Waals surface area contributed by atoms with Crippen LogP contribution in [0, 0.1) is 6.92 Å². The van der Waals surface area contributed by atoms with Crippen molar-refractivity contribution in [2.75, 3.05) is 36.6 Å². The fourth-order valence-electron chi connectivity index (χ4n) is 3.44. The molecule has 0 radical (unpaired) electrons. The summed E-state index contributed by atoms with van der Waals surface area (Å²) in [6, 6.07) is 17.3. The number of methoxy groups -OCH3 is 1. The summed E-state index contributed by atoms with van der Waals surface area (Å²) in [4.78, 5) is 11.0. The maximum Gasteiger partial charge on any atom is 0.263 e. The van der Waals surface area contributed by atoms with E-state index in [1.165, 1.54) is 0 Å². The molecule has 3 N–H and O–H groups in total. The Morgan fingerprint density at radius 2 is 1.68 bits per heavy atom. The van der Waals surface area contributed by atoms with E-state index >= 15 is 0 Å². The largest absolute Gasteiger partial charge is 0.497 e.